The molecule has 5 rings (SSSR count). The van der Waals surface area contributed by atoms with E-state index in [9.17, 15) is 0 Å². The Morgan fingerprint density at radius 2 is 1.79 bits per heavy atom. The number of nitrogens with zero attached hydrogens (tertiary/aromatic N) is 1. The molecular weight excluding hydrogens is 348 g/mol. The van der Waals surface area contributed by atoms with Gasteiger partial charge in [0.15, 0.2) is 0 Å². The van der Waals surface area contributed by atoms with Gasteiger partial charge in [0, 0.05) is 40.3 Å². The standard InChI is InChI=1S/C23H24N4O/c24-15-5-7-16(8-6-15)27-17-9-10-18-19(12-17)20(13-26-23(18)25)22-11-14-3-1-2-4-21(14)28-22/h1-4,9-13,15-16,27H,5-8,24H2,(H2,25,26). The Kier molecular flexibility index (Phi) is 4.17. The molecule has 0 unspecified atom stereocenters. The highest BCUT2D eigenvalue weighted by molar-refractivity contribution is 6.03. The lowest BCUT2D eigenvalue weighted by atomic mass is 9.91. The van der Waals surface area contributed by atoms with Crippen molar-refractivity contribution in [3.63, 3.8) is 0 Å². The number of fused-ring (bicyclic) bond motifs is 2. The maximum absolute atomic E-state index is 6.15. The first-order chi connectivity index (χ1) is 13.7. The van der Waals surface area contributed by atoms with Gasteiger partial charge >= 0.3 is 0 Å². The minimum Gasteiger partial charge on any atom is -0.456 e. The molecular formula is C23H24N4O. The number of pyridine rings is 1. The van der Waals surface area contributed by atoms with Crippen LogP contribution in [0, 0.1) is 0 Å². The molecule has 28 heavy (non-hydrogen) atoms. The second-order valence-electron chi connectivity index (χ2n) is 7.72. The number of nitrogens with one attached hydrogen (secondary N) is 1. The van der Waals surface area contributed by atoms with Gasteiger partial charge in [0.05, 0.1) is 0 Å². The van der Waals surface area contributed by atoms with Crippen LogP contribution in [-0.4, -0.2) is 17.1 Å². The molecule has 2 aromatic carbocycles. The molecule has 0 aliphatic heterocycles. The first kappa shape index (κ1) is 17.1. The SMILES string of the molecule is Nc1ncc(-c2cc3ccccc3o2)c2cc(NC3CCC(N)CC3)ccc12. The van der Waals surface area contributed by atoms with Gasteiger partial charge in [-0.3, -0.25) is 0 Å². The minimum absolute atomic E-state index is 0.347. The Bertz CT molecular complexity index is 1110. The van der Waals surface area contributed by atoms with Gasteiger partial charge in [-0.15, -0.1) is 0 Å². The summed E-state index contributed by atoms with van der Waals surface area (Å²) in [5.41, 5.74) is 15.1. The predicted octanol–water partition coefficient (Wildman–Crippen LogP) is 4.91. The van der Waals surface area contributed by atoms with E-state index in [1.165, 1.54) is 0 Å². The molecule has 0 amide bonds. The van der Waals surface area contributed by atoms with Crippen LogP contribution in [0.3, 0.4) is 0 Å². The van der Waals surface area contributed by atoms with Gasteiger partial charge in [0.25, 0.3) is 0 Å². The monoisotopic (exact) mass is 372 g/mol. The Balaban J connectivity index is 1.56. The molecule has 5 N–H and O–H groups in total. The summed E-state index contributed by atoms with van der Waals surface area (Å²) in [4.78, 5) is 4.39. The van der Waals surface area contributed by atoms with Crippen LogP contribution in [-0.2, 0) is 0 Å². The number of furan rings is 1. The summed E-state index contributed by atoms with van der Waals surface area (Å²) in [6.45, 7) is 0. The van der Waals surface area contributed by atoms with Crippen LogP contribution in [0.15, 0.2) is 59.1 Å². The zero-order valence-electron chi connectivity index (χ0n) is 15.7. The highest BCUT2D eigenvalue weighted by Gasteiger charge is 2.19. The molecule has 5 nitrogen and oxygen atoms in total. The Labute approximate surface area is 163 Å². The summed E-state index contributed by atoms with van der Waals surface area (Å²) in [6.07, 6.45) is 6.17. The summed E-state index contributed by atoms with van der Waals surface area (Å²) < 4.78 is 6.09. The smallest absolute Gasteiger partial charge is 0.137 e. The zero-order chi connectivity index (χ0) is 19.1. The molecule has 0 saturated heterocycles. The molecule has 1 aliphatic carbocycles. The first-order valence-corrected chi connectivity index (χ1v) is 9.87. The Morgan fingerprint density at radius 3 is 2.61 bits per heavy atom. The molecule has 5 heteroatoms. The van der Waals surface area contributed by atoms with E-state index in [1.807, 2.05) is 24.3 Å². The number of aromatic nitrogens is 1. The van der Waals surface area contributed by atoms with Crippen molar-refractivity contribution < 1.29 is 4.42 Å². The summed E-state index contributed by atoms with van der Waals surface area (Å²) in [7, 11) is 0. The normalized spacial score (nSPS) is 19.9. The third kappa shape index (κ3) is 3.08. The van der Waals surface area contributed by atoms with Crippen LogP contribution >= 0.6 is 0 Å². The van der Waals surface area contributed by atoms with Gasteiger partial charge in [-0.05, 0) is 61.4 Å². The zero-order valence-corrected chi connectivity index (χ0v) is 15.7. The number of para-hydroxylation sites is 1. The highest BCUT2D eigenvalue weighted by Crippen LogP contribution is 2.35. The Hall–Kier alpha value is -3.05. The number of nitrogen functional groups attached to an aromatic ring is 1. The first-order valence-electron chi connectivity index (χ1n) is 9.87. The van der Waals surface area contributed by atoms with Crippen molar-refractivity contribution in [1.82, 2.24) is 4.98 Å². The summed E-state index contributed by atoms with van der Waals surface area (Å²) >= 11 is 0. The number of benzene rings is 2. The second kappa shape index (κ2) is 6.84. The molecule has 2 aromatic heterocycles. The van der Waals surface area contributed by atoms with Crippen LogP contribution in [0.1, 0.15) is 25.7 Å². The predicted molar refractivity (Wildman–Crippen MR) is 115 cm³/mol. The second-order valence-corrected chi connectivity index (χ2v) is 7.72. The molecule has 2 heterocycles. The van der Waals surface area contributed by atoms with Crippen molar-refractivity contribution in [3.8, 4) is 11.3 Å². The van der Waals surface area contributed by atoms with Crippen LogP contribution in [0.4, 0.5) is 11.5 Å². The van der Waals surface area contributed by atoms with E-state index in [4.69, 9.17) is 15.9 Å². The van der Waals surface area contributed by atoms with Crippen molar-refractivity contribution in [2.45, 2.75) is 37.8 Å². The molecule has 1 fully saturated rings. The van der Waals surface area contributed by atoms with Gasteiger partial charge in [0.1, 0.15) is 17.2 Å². The summed E-state index contributed by atoms with van der Waals surface area (Å²) in [6, 6.07) is 17.2. The largest absolute Gasteiger partial charge is 0.456 e. The maximum atomic E-state index is 6.15. The highest BCUT2D eigenvalue weighted by atomic mass is 16.3. The molecule has 0 bridgehead atoms. The number of anilines is 2. The molecule has 0 spiro atoms. The number of hydrogen-bond acceptors (Lipinski definition) is 5. The van der Waals surface area contributed by atoms with Crippen molar-refractivity contribution in [1.29, 1.82) is 0 Å². The molecule has 0 radical (unpaired) electrons. The average molecular weight is 372 g/mol. The summed E-state index contributed by atoms with van der Waals surface area (Å²) in [5.74, 6) is 1.34. The molecule has 4 aromatic rings. The molecule has 1 aliphatic rings. The Morgan fingerprint density at radius 1 is 0.964 bits per heavy atom. The van der Waals surface area contributed by atoms with Gasteiger partial charge < -0.3 is 21.2 Å². The molecule has 1 saturated carbocycles. The van der Waals surface area contributed by atoms with Crippen LogP contribution in [0.2, 0.25) is 0 Å². The van der Waals surface area contributed by atoms with E-state index in [0.29, 0.717) is 17.9 Å². The fraction of sp³-hybridized carbons (Fsp3) is 0.261. The van der Waals surface area contributed by atoms with Gasteiger partial charge in [-0.1, -0.05) is 18.2 Å². The molecule has 0 atom stereocenters. The van der Waals surface area contributed by atoms with Crippen LogP contribution in [0.5, 0.6) is 0 Å². The van der Waals surface area contributed by atoms with Crippen molar-refractivity contribution in [2.75, 3.05) is 11.1 Å². The third-order valence-corrected chi connectivity index (χ3v) is 5.75. The van der Waals surface area contributed by atoms with Crippen molar-refractivity contribution >= 4 is 33.2 Å². The van der Waals surface area contributed by atoms with Crippen molar-refractivity contribution in [3.05, 3.63) is 54.7 Å². The molecule has 142 valence electrons. The topological polar surface area (TPSA) is 90.1 Å². The lowest BCUT2D eigenvalue weighted by Crippen LogP contribution is -2.32. The van der Waals surface area contributed by atoms with E-state index in [0.717, 1.165) is 64.4 Å². The lowest BCUT2D eigenvalue weighted by molar-refractivity contribution is 0.411. The fourth-order valence-corrected chi connectivity index (χ4v) is 4.16. The average Bonchev–Trinajstić information content (AvgIpc) is 3.14. The third-order valence-electron chi connectivity index (χ3n) is 5.75. The maximum Gasteiger partial charge on any atom is 0.137 e. The fourth-order valence-electron chi connectivity index (χ4n) is 4.16. The minimum atomic E-state index is 0.347. The van der Waals surface area contributed by atoms with Crippen LogP contribution < -0.4 is 16.8 Å². The number of nitrogens with two attached hydrogens (primary N) is 2. The van der Waals surface area contributed by atoms with E-state index in [1.54, 1.807) is 6.20 Å². The summed E-state index contributed by atoms with van der Waals surface area (Å²) in [5, 5.41) is 6.73. The van der Waals surface area contributed by atoms with E-state index in [2.05, 4.69) is 34.6 Å². The van der Waals surface area contributed by atoms with E-state index >= 15 is 0 Å². The quantitative estimate of drug-likeness (QED) is 0.475. The van der Waals surface area contributed by atoms with Crippen molar-refractivity contribution in [2.24, 2.45) is 5.73 Å². The number of hydrogen-bond donors (Lipinski definition) is 3. The lowest BCUT2D eigenvalue weighted by Gasteiger charge is -2.27. The van der Waals surface area contributed by atoms with E-state index < -0.39 is 0 Å². The van der Waals surface area contributed by atoms with E-state index in [-0.39, 0.29) is 0 Å². The van der Waals surface area contributed by atoms with Gasteiger partial charge in [0.2, 0.25) is 0 Å². The van der Waals surface area contributed by atoms with Crippen LogP contribution in [0.25, 0.3) is 33.1 Å². The number of rotatable bonds is 3. The van der Waals surface area contributed by atoms with Gasteiger partial charge in [-0.25, -0.2) is 4.98 Å². The van der Waals surface area contributed by atoms with Gasteiger partial charge in [-0.2, -0.15) is 0 Å².